The Morgan fingerprint density at radius 1 is 0.437 bits per heavy atom. The minimum Gasteiger partial charge on any atom is -0.497 e. The first-order valence-corrected chi connectivity index (χ1v) is 43.8. The molecule has 10 aromatic carbocycles. The number of nitrogen functional groups attached to an aromatic ring is 4. The van der Waals surface area contributed by atoms with Gasteiger partial charge in [-0.3, -0.25) is 42.3 Å². The number of nitrogens with two attached hydrogens (primary N) is 5. The lowest BCUT2D eigenvalue weighted by Crippen LogP contribution is -2.24. The number of anilines is 5. The lowest BCUT2D eigenvalue weighted by Gasteiger charge is -2.20. The van der Waals surface area contributed by atoms with Crippen LogP contribution in [0, 0.1) is 16.2 Å². The first-order chi connectivity index (χ1) is 64.2. The number of aliphatic carboxylic acids is 2. The molecule has 14 aromatic rings. The van der Waals surface area contributed by atoms with Gasteiger partial charge in [0.2, 0.25) is 10.0 Å². The van der Waals surface area contributed by atoms with Gasteiger partial charge < -0.3 is 80.9 Å². The van der Waals surface area contributed by atoms with Crippen LogP contribution < -0.4 is 73.0 Å². The molecule has 135 heavy (non-hydrogen) atoms. The Bertz CT molecular complexity index is 6470. The number of amidine groups is 3. The SMILES string of the molecule is CC(COC(=O)Nc1ccccc1)Oc1cccc2sc(C(=N)N)cc12.COc1ccc(NC(=O)OCC(C)Oc2cccc3sc(C(=N)N)cc23)cc1.N=C(N)c1cc2c(OC(COC(=O)Nc3ccccc3S(N)(=O)=O)c3ccccc3)cccc2s1.Nc1nc2c(OC(COC(=O)Nc3ccccc3)c3ccccc3)cccc2s1.O=C(O)C(F)(F)F.O=C(O)C(F)(F)F.O=CO. The molecule has 4 aromatic heterocycles. The van der Waals surface area contributed by atoms with E-state index in [-0.39, 0.29) is 73.2 Å². The molecule has 708 valence electrons. The third kappa shape index (κ3) is 33.8. The van der Waals surface area contributed by atoms with E-state index in [1.54, 1.807) is 73.8 Å². The van der Waals surface area contributed by atoms with Crippen molar-refractivity contribution in [2.75, 3.05) is 60.5 Å². The monoisotopic (exact) mass is 1960 g/mol. The number of primary sulfonamides is 1. The summed E-state index contributed by atoms with van der Waals surface area (Å²) < 4.78 is 142. The molecule has 0 aliphatic carbocycles. The number of amides is 4. The van der Waals surface area contributed by atoms with Crippen molar-refractivity contribution in [2.45, 2.75) is 55.5 Å². The van der Waals surface area contributed by atoms with Gasteiger partial charge in [0.15, 0.2) is 17.3 Å². The van der Waals surface area contributed by atoms with Crippen LogP contribution in [0.5, 0.6) is 28.7 Å². The molecule has 45 heteroatoms. The molecule has 4 amide bonds. The zero-order valence-corrected chi connectivity index (χ0v) is 75.0. The van der Waals surface area contributed by atoms with Crippen molar-refractivity contribution in [2.24, 2.45) is 22.3 Å². The van der Waals surface area contributed by atoms with Crippen LogP contribution in [0.2, 0.25) is 0 Å². The van der Waals surface area contributed by atoms with Crippen molar-refractivity contribution in [3.05, 3.63) is 287 Å². The molecule has 0 saturated carbocycles. The molecule has 14 rings (SSSR count). The van der Waals surface area contributed by atoms with Gasteiger partial charge in [0.05, 0.1) is 32.1 Å². The lowest BCUT2D eigenvalue weighted by atomic mass is 10.1. The maximum atomic E-state index is 12.5. The number of carboxylic acid groups (broad SMARTS) is 3. The number of benzene rings is 10. The maximum Gasteiger partial charge on any atom is 0.490 e. The molecule has 4 atom stereocenters. The Labute approximate surface area is 780 Å². The van der Waals surface area contributed by atoms with Crippen LogP contribution in [0.25, 0.3) is 40.5 Å². The summed E-state index contributed by atoms with van der Waals surface area (Å²) in [5, 5.41) is 62.7. The maximum absolute atomic E-state index is 12.5. The number of fused-ring (bicyclic) bond motifs is 4. The molecule has 0 aliphatic heterocycles. The zero-order valence-electron chi connectivity index (χ0n) is 70.9. The highest BCUT2D eigenvalue weighted by atomic mass is 32.2. The molecule has 0 saturated heterocycles. The average Bonchev–Trinajstić information content (AvgIpc) is 1.67. The number of carbonyl (C=O) groups excluding carboxylic acids is 4. The Kier molecular flexibility index (Phi) is 39.1. The molecular formula is C90H85F6N13O21S5. The van der Waals surface area contributed by atoms with Crippen molar-refractivity contribution in [3.63, 3.8) is 0 Å². The van der Waals surface area contributed by atoms with Gasteiger partial charge in [0.25, 0.3) is 6.47 Å². The third-order valence-corrected chi connectivity index (χ3v) is 22.4. The van der Waals surface area contributed by atoms with Gasteiger partial charge in [-0.15, -0.1) is 34.0 Å². The van der Waals surface area contributed by atoms with Crippen molar-refractivity contribution in [1.29, 1.82) is 16.2 Å². The summed E-state index contributed by atoms with van der Waals surface area (Å²) in [4.78, 5) is 80.8. The number of carboxylic acids is 2. The van der Waals surface area contributed by atoms with Gasteiger partial charge >= 0.3 is 48.7 Å². The molecule has 20 N–H and O–H groups in total. The van der Waals surface area contributed by atoms with Gasteiger partial charge in [-0.2, -0.15) is 26.3 Å². The number of hydrogen-bond acceptors (Lipinski definition) is 27. The van der Waals surface area contributed by atoms with Crippen LogP contribution in [-0.4, -0.2) is 147 Å². The van der Waals surface area contributed by atoms with Crippen molar-refractivity contribution >= 4 is 184 Å². The van der Waals surface area contributed by atoms with Crippen LogP contribution in [0.4, 0.5) is 73.4 Å². The first-order valence-electron chi connectivity index (χ1n) is 39.0. The largest absolute Gasteiger partial charge is 0.497 e. The van der Waals surface area contributed by atoms with Crippen LogP contribution in [0.3, 0.4) is 0 Å². The molecule has 0 spiro atoms. The highest BCUT2D eigenvalue weighted by molar-refractivity contribution is 7.89. The topological polar surface area (TPSA) is 560 Å². The number of methoxy groups -OCH3 is 1. The summed E-state index contributed by atoms with van der Waals surface area (Å²) in [5.74, 6) is -2.31. The number of aromatic nitrogens is 1. The van der Waals surface area contributed by atoms with Crippen molar-refractivity contribution in [3.8, 4) is 28.7 Å². The molecule has 0 radical (unpaired) electrons. The predicted octanol–water partition coefficient (Wildman–Crippen LogP) is 18.8. The minimum absolute atomic E-state index is 0.0111. The van der Waals surface area contributed by atoms with E-state index in [1.165, 1.54) is 63.5 Å². The van der Waals surface area contributed by atoms with E-state index in [0.29, 0.717) is 71.1 Å². The fourth-order valence-electron chi connectivity index (χ4n) is 11.2. The number of halogens is 6. The normalized spacial score (nSPS) is 11.6. The number of nitrogens with one attached hydrogen (secondary N) is 7. The number of hydrogen-bond donors (Lipinski definition) is 15. The number of thiazole rings is 1. The van der Waals surface area contributed by atoms with Crippen LogP contribution >= 0.6 is 45.3 Å². The van der Waals surface area contributed by atoms with Crippen LogP contribution in [0.1, 0.15) is 51.8 Å². The van der Waals surface area contributed by atoms with Gasteiger partial charge in [0, 0.05) is 47.3 Å². The first kappa shape index (κ1) is 105. The molecule has 0 bridgehead atoms. The number of para-hydroxylation sites is 4. The summed E-state index contributed by atoms with van der Waals surface area (Å²) in [6.07, 6.45) is -14.5. The van der Waals surface area contributed by atoms with Crippen molar-refractivity contribution < 1.29 is 126 Å². The second kappa shape index (κ2) is 50.5. The van der Waals surface area contributed by atoms with Crippen LogP contribution in [-0.2, 0) is 43.4 Å². The average molecular weight is 1960 g/mol. The molecule has 0 aliphatic rings. The molecule has 4 unspecified atom stereocenters. The number of sulfonamides is 1. The Hall–Kier alpha value is -15.8. The fraction of sp³-hybridized carbons (Fsp3) is 0.144. The zero-order chi connectivity index (χ0) is 98.5. The van der Waals surface area contributed by atoms with Gasteiger partial charge in [0.1, 0.15) is 95.3 Å². The van der Waals surface area contributed by atoms with E-state index in [0.717, 1.165) is 46.1 Å². The number of ether oxygens (including phenoxy) is 9. The number of thiophene rings is 3. The molecular weight excluding hydrogens is 1870 g/mol. The summed E-state index contributed by atoms with van der Waals surface area (Å²) in [6, 6.07) is 77.8. The highest BCUT2D eigenvalue weighted by Gasteiger charge is 2.39. The second-order valence-electron chi connectivity index (χ2n) is 27.2. The summed E-state index contributed by atoms with van der Waals surface area (Å²) in [7, 11) is -2.46. The van der Waals surface area contributed by atoms with Crippen molar-refractivity contribution in [1.82, 2.24) is 4.98 Å². The van der Waals surface area contributed by atoms with E-state index < -0.39 is 70.9 Å². The van der Waals surface area contributed by atoms with E-state index in [4.69, 9.17) is 117 Å². The standard InChI is InChI=1S/C24H22N4O5S2.C22H19N3O3S.C20H21N3O4S.C19H19N3O3S.2C2HF3O2.CH2O2/c25-23(26)21-13-16-18(10-6-11-20(16)34-21)33-19(15-7-2-1-3-8-15)14-32-24(29)28-17-9-4-5-12-22(17)35(27,30)31;23-21-25-20-17(12-7-13-19(20)29-21)28-18(15-8-3-1-4-9-15)14-27-22(26)24-16-10-5-2-6-11-16;1-12(11-26-20(24)23-13-6-8-14(25-2)9-7-13)27-16-4-3-5-17-15(16)10-18(28-17)19(21)22;1-12(11-24-19(23)22-13-6-3-2-4-7-13)25-15-8-5-9-16-14(15)10-17(26-16)18(20)21;2*3-2(4,5)1(6)7;2-1-3/h1-13,19H,14H2,(H3,25,26)(H,28,29)(H2,27,30,31);1-13,18H,14H2,(H2,23,25)(H,24,26);3-10,12H,11H2,1-2H3,(H3,21,22)(H,23,24);2-10,12H,11H2,1H3,(H3,20,21)(H,22,23);2*(H,6,7);1H,(H,2,3). The van der Waals surface area contributed by atoms with Gasteiger partial charge in [-0.05, 0) is 152 Å². The lowest BCUT2D eigenvalue weighted by molar-refractivity contribution is -0.193. The smallest absolute Gasteiger partial charge is 0.490 e. The molecule has 0 fully saturated rings. The quantitative estimate of drug-likeness (QED) is 0.00747. The number of carbonyl (C=O) groups is 7. The summed E-state index contributed by atoms with van der Waals surface area (Å²) >= 11 is 5.66. The van der Waals surface area contributed by atoms with E-state index >= 15 is 0 Å². The van der Waals surface area contributed by atoms with E-state index in [1.807, 2.05) is 190 Å². The summed E-state index contributed by atoms with van der Waals surface area (Å²) in [6.45, 7) is 3.47. The Morgan fingerprint density at radius 2 is 0.748 bits per heavy atom. The Balaban J connectivity index is 0.000000210. The van der Waals surface area contributed by atoms with Crippen LogP contribution in [0.15, 0.2) is 266 Å². The predicted molar refractivity (Wildman–Crippen MR) is 502 cm³/mol. The number of alkyl halides is 6. The molecule has 4 heterocycles. The van der Waals surface area contributed by atoms with E-state index in [2.05, 4.69) is 26.3 Å². The minimum atomic E-state index is -5.08. The van der Waals surface area contributed by atoms with Gasteiger partial charge in [-0.25, -0.2) is 47.3 Å². The summed E-state index contributed by atoms with van der Waals surface area (Å²) in [5.41, 5.74) is 26.9. The van der Waals surface area contributed by atoms with Gasteiger partial charge in [-0.1, -0.05) is 145 Å². The number of rotatable bonds is 27. The Morgan fingerprint density at radius 3 is 1.10 bits per heavy atom. The highest BCUT2D eigenvalue weighted by Crippen LogP contribution is 2.39. The molecule has 34 nitrogen and oxygen atoms in total. The fourth-order valence-corrected chi connectivity index (χ4v) is 15.5. The third-order valence-electron chi connectivity index (χ3n) is 17.2. The second-order valence-corrected chi connectivity index (χ2v) is 33.1. The van der Waals surface area contributed by atoms with E-state index in [9.17, 15) is 53.9 Å². The number of nitrogens with zero attached hydrogens (tertiary/aromatic N) is 1.